The van der Waals surface area contributed by atoms with Gasteiger partial charge in [-0.2, -0.15) is 0 Å². The lowest BCUT2D eigenvalue weighted by Gasteiger charge is -2.09. The predicted octanol–water partition coefficient (Wildman–Crippen LogP) is 3.55. The molecule has 0 bridgehead atoms. The normalized spacial score (nSPS) is 12.4. The van der Waals surface area contributed by atoms with Crippen LogP contribution in [0.2, 0.25) is 0 Å². The lowest BCUT2D eigenvalue weighted by atomic mass is 10.1. The average molecular weight is 258 g/mol. The average Bonchev–Trinajstić information content (AvgIpc) is 2.08. The number of allylic oxidation sites excluding steroid dienone is 1. The molecule has 0 aliphatic rings. The molecule has 0 amide bonds. The first-order chi connectivity index (χ1) is 6.50. The van der Waals surface area contributed by atoms with Crippen LogP contribution in [0.3, 0.4) is 0 Å². The molecule has 3 heteroatoms. The van der Waals surface area contributed by atoms with E-state index in [0.29, 0.717) is 5.56 Å². The molecule has 0 fully saturated rings. The third-order valence-electron chi connectivity index (χ3n) is 1.83. The van der Waals surface area contributed by atoms with Gasteiger partial charge in [0.2, 0.25) is 0 Å². The molecule has 0 radical (unpaired) electrons. The summed E-state index contributed by atoms with van der Waals surface area (Å²) in [5.41, 5.74) is 7.42. The molecule has 1 aromatic carbocycles. The largest absolute Gasteiger partial charge is 0.321 e. The Morgan fingerprint density at radius 1 is 1.50 bits per heavy atom. The molecule has 0 aliphatic heterocycles. The van der Waals surface area contributed by atoms with E-state index in [4.69, 9.17) is 5.73 Å². The Morgan fingerprint density at radius 2 is 2.14 bits per heavy atom. The van der Waals surface area contributed by atoms with Crippen LogP contribution < -0.4 is 5.73 Å². The van der Waals surface area contributed by atoms with Crippen LogP contribution in [0, 0.1) is 5.82 Å². The maximum absolute atomic E-state index is 13.3. The number of hydrogen-bond donors (Lipinski definition) is 1. The van der Waals surface area contributed by atoms with Gasteiger partial charge in [0.1, 0.15) is 5.82 Å². The van der Waals surface area contributed by atoms with Gasteiger partial charge in [-0.1, -0.05) is 27.6 Å². The van der Waals surface area contributed by atoms with Crippen LogP contribution in [-0.2, 0) is 0 Å². The van der Waals surface area contributed by atoms with Gasteiger partial charge in [0.25, 0.3) is 0 Å². The lowest BCUT2D eigenvalue weighted by Crippen LogP contribution is -2.09. The molecule has 0 aromatic heterocycles. The molecule has 1 unspecified atom stereocenters. The fourth-order valence-corrected chi connectivity index (χ4v) is 1.60. The minimum Gasteiger partial charge on any atom is -0.321 e. The first-order valence-electron chi connectivity index (χ1n) is 4.36. The van der Waals surface area contributed by atoms with E-state index in [1.165, 1.54) is 6.07 Å². The zero-order chi connectivity index (χ0) is 10.7. The Bertz CT molecular complexity index is 356. The van der Waals surface area contributed by atoms with Crippen molar-refractivity contribution < 1.29 is 4.39 Å². The molecular formula is C11H13BrFN. The highest BCUT2D eigenvalue weighted by molar-refractivity contribution is 9.10. The zero-order valence-electron chi connectivity index (χ0n) is 8.22. The summed E-state index contributed by atoms with van der Waals surface area (Å²) in [6, 6.07) is 4.41. The summed E-state index contributed by atoms with van der Waals surface area (Å²) >= 11 is 3.29. The van der Waals surface area contributed by atoms with Gasteiger partial charge in [-0.25, -0.2) is 4.39 Å². The van der Waals surface area contributed by atoms with Crippen LogP contribution >= 0.6 is 15.9 Å². The van der Waals surface area contributed by atoms with Crippen LogP contribution in [-0.4, -0.2) is 0 Å². The van der Waals surface area contributed by atoms with Crippen molar-refractivity contribution >= 4 is 15.9 Å². The molecule has 1 aromatic rings. The second-order valence-electron chi connectivity index (χ2n) is 3.44. The maximum atomic E-state index is 13.3. The monoisotopic (exact) mass is 257 g/mol. The Labute approximate surface area is 91.9 Å². The molecule has 0 saturated carbocycles. The molecule has 0 saturated heterocycles. The molecule has 0 spiro atoms. The first-order valence-corrected chi connectivity index (χ1v) is 5.15. The summed E-state index contributed by atoms with van der Waals surface area (Å²) in [6.45, 7) is 3.88. The molecular weight excluding hydrogens is 245 g/mol. The smallest absolute Gasteiger partial charge is 0.128 e. The Morgan fingerprint density at radius 3 is 2.71 bits per heavy atom. The molecule has 2 N–H and O–H groups in total. The van der Waals surface area contributed by atoms with Crippen LogP contribution in [0.25, 0.3) is 0 Å². The molecule has 0 aliphatic carbocycles. The van der Waals surface area contributed by atoms with Crippen LogP contribution in [0.4, 0.5) is 4.39 Å². The fraction of sp³-hybridized carbons (Fsp3) is 0.273. The van der Waals surface area contributed by atoms with Gasteiger partial charge in [-0.05, 0) is 32.0 Å². The second kappa shape index (κ2) is 4.71. The van der Waals surface area contributed by atoms with Gasteiger partial charge in [-0.15, -0.1) is 0 Å². The summed E-state index contributed by atoms with van der Waals surface area (Å²) in [6.07, 6.45) is 1.84. The van der Waals surface area contributed by atoms with Crippen molar-refractivity contribution in [1.29, 1.82) is 0 Å². The molecule has 0 heterocycles. The number of hydrogen-bond acceptors (Lipinski definition) is 1. The van der Waals surface area contributed by atoms with Gasteiger partial charge in [0, 0.05) is 10.0 Å². The van der Waals surface area contributed by atoms with Crippen molar-refractivity contribution in [3.05, 3.63) is 45.7 Å². The zero-order valence-corrected chi connectivity index (χ0v) is 9.81. The van der Waals surface area contributed by atoms with E-state index in [9.17, 15) is 4.39 Å². The third-order valence-corrected chi connectivity index (χ3v) is 2.32. The number of nitrogens with two attached hydrogens (primary N) is 1. The summed E-state index contributed by atoms with van der Waals surface area (Å²) in [4.78, 5) is 0. The Hall–Kier alpha value is -0.670. The lowest BCUT2D eigenvalue weighted by molar-refractivity contribution is 0.601. The predicted molar refractivity (Wildman–Crippen MR) is 60.5 cm³/mol. The van der Waals surface area contributed by atoms with Crippen molar-refractivity contribution in [3.8, 4) is 0 Å². The summed E-state index contributed by atoms with van der Waals surface area (Å²) < 4.78 is 14.2. The molecule has 1 nitrogen and oxygen atoms in total. The van der Waals surface area contributed by atoms with E-state index in [1.807, 2.05) is 19.9 Å². The highest BCUT2D eigenvalue weighted by Gasteiger charge is 2.08. The highest BCUT2D eigenvalue weighted by Crippen LogP contribution is 2.21. The van der Waals surface area contributed by atoms with Gasteiger partial charge in [0.05, 0.1) is 6.04 Å². The van der Waals surface area contributed by atoms with Crippen LogP contribution in [0.1, 0.15) is 25.5 Å². The highest BCUT2D eigenvalue weighted by atomic mass is 79.9. The number of halogens is 2. The topological polar surface area (TPSA) is 26.0 Å². The summed E-state index contributed by atoms with van der Waals surface area (Å²) in [7, 11) is 0. The van der Waals surface area contributed by atoms with E-state index >= 15 is 0 Å². The third kappa shape index (κ3) is 2.93. The van der Waals surface area contributed by atoms with E-state index in [0.717, 1.165) is 10.0 Å². The fourth-order valence-electron chi connectivity index (χ4n) is 1.22. The number of benzene rings is 1. The quantitative estimate of drug-likeness (QED) is 0.806. The van der Waals surface area contributed by atoms with Crippen LogP contribution in [0.5, 0.6) is 0 Å². The van der Waals surface area contributed by atoms with Crippen molar-refractivity contribution in [2.75, 3.05) is 0 Å². The molecule has 1 rings (SSSR count). The molecule has 1 atom stereocenters. The first kappa shape index (κ1) is 11.4. The van der Waals surface area contributed by atoms with E-state index in [-0.39, 0.29) is 11.9 Å². The van der Waals surface area contributed by atoms with E-state index in [1.54, 1.807) is 12.1 Å². The van der Waals surface area contributed by atoms with E-state index < -0.39 is 0 Å². The van der Waals surface area contributed by atoms with Crippen molar-refractivity contribution in [1.82, 2.24) is 0 Å². The van der Waals surface area contributed by atoms with Crippen LogP contribution in [0.15, 0.2) is 34.3 Å². The standard InChI is InChI=1S/C11H13BrFN/c1-7(2)5-11(14)9-6-8(12)3-4-10(9)13/h3-6,11H,14H2,1-2H3. The van der Waals surface area contributed by atoms with Gasteiger partial charge >= 0.3 is 0 Å². The second-order valence-corrected chi connectivity index (χ2v) is 4.35. The minimum atomic E-state index is -0.377. The molecule has 14 heavy (non-hydrogen) atoms. The van der Waals surface area contributed by atoms with Crippen molar-refractivity contribution in [3.63, 3.8) is 0 Å². The van der Waals surface area contributed by atoms with Crippen molar-refractivity contribution in [2.24, 2.45) is 5.73 Å². The van der Waals surface area contributed by atoms with Gasteiger partial charge < -0.3 is 5.73 Å². The number of rotatable bonds is 2. The minimum absolute atomic E-state index is 0.266. The van der Waals surface area contributed by atoms with Crippen molar-refractivity contribution in [2.45, 2.75) is 19.9 Å². The van der Waals surface area contributed by atoms with E-state index in [2.05, 4.69) is 15.9 Å². The van der Waals surface area contributed by atoms with Gasteiger partial charge in [0.15, 0.2) is 0 Å². The Balaban J connectivity index is 3.05. The maximum Gasteiger partial charge on any atom is 0.128 e. The Kier molecular flexibility index (Phi) is 3.84. The summed E-state index contributed by atoms with van der Waals surface area (Å²) in [5, 5.41) is 0. The van der Waals surface area contributed by atoms with Gasteiger partial charge in [-0.3, -0.25) is 0 Å². The summed E-state index contributed by atoms with van der Waals surface area (Å²) in [5.74, 6) is -0.266. The SMILES string of the molecule is CC(C)=CC(N)c1cc(Br)ccc1F. The molecule has 76 valence electrons.